The smallest absolute Gasteiger partial charge is 0.338 e. The molecule has 1 aromatic carbocycles. The maximum Gasteiger partial charge on any atom is 0.338 e. The number of benzene rings is 1. The van der Waals surface area contributed by atoms with Crippen LogP contribution in [0.3, 0.4) is 0 Å². The van der Waals surface area contributed by atoms with E-state index in [2.05, 4.69) is 21.1 Å². The third kappa shape index (κ3) is 3.62. The van der Waals surface area contributed by atoms with Crippen molar-refractivity contribution >= 4 is 27.7 Å². The van der Waals surface area contributed by atoms with Crippen molar-refractivity contribution < 1.29 is 18.8 Å². The summed E-state index contributed by atoms with van der Waals surface area (Å²) in [6.45, 7) is 5.18. The molecule has 7 heteroatoms. The lowest BCUT2D eigenvalue weighted by atomic mass is 10.1. The van der Waals surface area contributed by atoms with Crippen molar-refractivity contribution in [1.29, 1.82) is 0 Å². The molecule has 0 saturated carbocycles. The van der Waals surface area contributed by atoms with E-state index in [-0.39, 0.29) is 12.4 Å². The van der Waals surface area contributed by atoms with Crippen LogP contribution >= 0.6 is 15.9 Å². The van der Waals surface area contributed by atoms with Gasteiger partial charge in [0.15, 0.2) is 12.4 Å². The number of aromatic nitrogens is 2. The summed E-state index contributed by atoms with van der Waals surface area (Å²) in [6, 6.07) is 10.3. The molecule has 0 N–H and O–H groups in total. The Hall–Kier alpha value is -2.67. The van der Waals surface area contributed by atoms with Crippen LogP contribution in [0.15, 0.2) is 45.4 Å². The quantitative estimate of drug-likeness (QED) is 0.460. The molecule has 26 heavy (non-hydrogen) atoms. The molecule has 2 aromatic heterocycles. The molecule has 0 fully saturated rings. The topological polar surface area (TPSA) is 74.3 Å². The van der Waals surface area contributed by atoms with Crippen molar-refractivity contribution in [3.05, 3.63) is 69.1 Å². The zero-order valence-corrected chi connectivity index (χ0v) is 16.2. The third-order valence-corrected chi connectivity index (χ3v) is 4.52. The van der Waals surface area contributed by atoms with Gasteiger partial charge in [-0.05, 0) is 51.1 Å². The van der Waals surface area contributed by atoms with Gasteiger partial charge in [0, 0.05) is 27.5 Å². The fraction of sp³-hybridized carbons (Fsp3) is 0.211. The monoisotopic (exact) mass is 416 g/mol. The van der Waals surface area contributed by atoms with Crippen LogP contribution in [0.4, 0.5) is 0 Å². The van der Waals surface area contributed by atoms with E-state index in [1.165, 1.54) is 0 Å². The average molecular weight is 417 g/mol. The van der Waals surface area contributed by atoms with E-state index in [1.807, 2.05) is 18.4 Å². The Labute approximate surface area is 158 Å². The number of carbonyl (C=O) groups is 2. The van der Waals surface area contributed by atoms with E-state index in [0.29, 0.717) is 22.7 Å². The number of carbonyl (C=O) groups excluding carboxylic acids is 2. The number of nitrogens with zero attached hydrogens (tertiary/aromatic N) is 2. The Morgan fingerprint density at radius 2 is 1.85 bits per heavy atom. The minimum atomic E-state index is -0.535. The largest absolute Gasteiger partial charge is 0.454 e. The lowest BCUT2D eigenvalue weighted by molar-refractivity contribution is 0.0474. The van der Waals surface area contributed by atoms with Gasteiger partial charge in [-0.15, -0.1) is 0 Å². The molecule has 134 valence electrons. The molecule has 0 atom stereocenters. The molecule has 0 unspecified atom stereocenters. The van der Waals surface area contributed by atoms with Gasteiger partial charge in [0.2, 0.25) is 5.78 Å². The highest BCUT2D eigenvalue weighted by atomic mass is 79.9. The highest BCUT2D eigenvalue weighted by Gasteiger charge is 2.20. The van der Waals surface area contributed by atoms with Gasteiger partial charge in [-0.2, -0.15) is 0 Å². The molecule has 3 rings (SSSR count). The van der Waals surface area contributed by atoms with Gasteiger partial charge < -0.3 is 9.26 Å². The summed E-state index contributed by atoms with van der Waals surface area (Å²) in [7, 11) is 0. The van der Waals surface area contributed by atoms with Crippen LogP contribution in [0.2, 0.25) is 0 Å². The van der Waals surface area contributed by atoms with Gasteiger partial charge in [0.25, 0.3) is 0 Å². The molecule has 0 amide bonds. The van der Waals surface area contributed by atoms with E-state index in [1.54, 1.807) is 43.3 Å². The minimum Gasteiger partial charge on any atom is -0.454 e. The van der Waals surface area contributed by atoms with Gasteiger partial charge in [-0.1, -0.05) is 21.1 Å². The number of hydrogen-bond donors (Lipinski definition) is 0. The maximum absolute atomic E-state index is 12.5. The Morgan fingerprint density at radius 1 is 1.15 bits per heavy atom. The maximum atomic E-state index is 12.5. The van der Waals surface area contributed by atoms with Crippen molar-refractivity contribution in [2.24, 2.45) is 0 Å². The summed E-state index contributed by atoms with van der Waals surface area (Å²) >= 11 is 3.30. The summed E-state index contributed by atoms with van der Waals surface area (Å²) in [5.74, 6) is 0.494. The molecule has 0 bridgehead atoms. The zero-order chi connectivity index (χ0) is 18.8. The van der Waals surface area contributed by atoms with Crippen molar-refractivity contribution in [3.8, 4) is 5.82 Å². The van der Waals surface area contributed by atoms with Crippen molar-refractivity contribution in [2.75, 3.05) is 6.61 Å². The predicted octanol–water partition coefficient (Wildman–Crippen LogP) is 4.19. The number of ether oxygens (including phenoxy) is 1. The number of halogens is 1. The number of Topliss-reactive ketones (excluding diaryl/α,β-unsaturated/α-hetero) is 1. The number of ketones is 1. The normalized spacial score (nSPS) is 10.8. The second kappa shape index (κ2) is 7.29. The second-order valence-electron chi connectivity index (χ2n) is 5.92. The Kier molecular flexibility index (Phi) is 5.08. The summed E-state index contributed by atoms with van der Waals surface area (Å²) in [4.78, 5) is 24.6. The molecular weight excluding hydrogens is 400 g/mol. The molecule has 0 aliphatic heterocycles. The van der Waals surface area contributed by atoms with Gasteiger partial charge in [-0.25, -0.2) is 4.79 Å². The van der Waals surface area contributed by atoms with Crippen molar-refractivity contribution in [2.45, 2.75) is 20.8 Å². The number of esters is 1. The first-order valence-electron chi connectivity index (χ1n) is 7.95. The number of aryl methyl sites for hydroxylation is 2. The molecule has 3 aromatic rings. The van der Waals surface area contributed by atoms with E-state index < -0.39 is 5.97 Å². The molecule has 2 heterocycles. The minimum absolute atomic E-state index is 0.268. The van der Waals surface area contributed by atoms with Crippen molar-refractivity contribution in [3.63, 3.8) is 0 Å². The number of hydrogen-bond acceptors (Lipinski definition) is 5. The molecule has 0 spiro atoms. The SMILES string of the molecule is Cc1cc(-n2c(C)cc(C(=O)COC(=O)c3ccc(Br)cc3)c2C)no1. The molecule has 0 radical (unpaired) electrons. The van der Waals surface area contributed by atoms with Gasteiger partial charge in [0.1, 0.15) is 5.76 Å². The third-order valence-electron chi connectivity index (χ3n) is 3.99. The van der Waals surface area contributed by atoms with Crippen LogP contribution < -0.4 is 0 Å². The predicted molar refractivity (Wildman–Crippen MR) is 98.8 cm³/mol. The van der Waals surface area contributed by atoms with E-state index >= 15 is 0 Å². The Balaban J connectivity index is 1.74. The fourth-order valence-corrected chi connectivity index (χ4v) is 3.00. The van der Waals surface area contributed by atoms with Crippen LogP contribution in [-0.4, -0.2) is 28.1 Å². The first-order chi connectivity index (χ1) is 12.4. The summed E-state index contributed by atoms with van der Waals surface area (Å²) in [5.41, 5.74) is 2.45. The number of rotatable bonds is 5. The summed E-state index contributed by atoms with van der Waals surface area (Å²) in [6.07, 6.45) is 0. The van der Waals surface area contributed by atoms with Crippen LogP contribution in [0.25, 0.3) is 5.82 Å². The molecule has 0 aliphatic rings. The van der Waals surface area contributed by atoms with Crippen LogP contribution in [-0.2, 0) is 4.74 Å². The first-order valence-corrected chi connectivity index (χ1v) is 8.74. The van der Waals surface area contributed by atoms with E-state index in [0.717, 1.165) is 15.9 Å². The molecule has 0 saturated heterocycles. The first kappa shape index (κ1) is 18.1. The standard InChI is InChI=1S/C19H17BrN2O4/c1-11-8-16(13(3)22(11)18-9-12(2)26-21-18)17(23)10-25-19(24)14-4-6-15(20)7-5-14/h4-9H,10H2,1-3H3. The average Bonchev–Trinajstić information content (AvgIpc) is 3.15. The van der Waals surface area contributed by atoms with Gasteiger partial charge in [0.05, 0.1) is 5.56 Å². The zero-order valence-electron chi connectivity index (χ0n) is 14.6. The van der Waals surface area contributed by atoms with Crippen LogP contribution in [0.1, 0.15) is 37.9 Å². The lowest BCUT2D eigenvalue weighted by Gasteiger charge is -2.06. The van der Waals surface area contributed by atoms with Crippen LogP contribution in [0, 0.1) is 20.8 Å². The van der Waals surface area contributed by atoms with E-state index in [4.69, 9.17) is 9.26 Å². The fourth-order valence-electron chi connectivity index (χ4n) is 2.73. The molecule has 6 nitrogen and oxygen atoms in total. The summed E-state index contributed by atoms with van der Waals surface area (Å²) < 4.78 is 13.0. The summed E-state index contributed by atoms with van der Waals surface area (Å²) in [5, 5.41) is 3.99. The van der Waals surface area contributed by atoms with Gasteiger partial charge >= 0.3 is 5.97 Å². The second-order valence-corrected chi connectivity index (χ2v) is 6.84. The van der Waals surface area contributed by atoms with E-state index in [9.17, 15) is 9.59 Å². The van der Waals surface area contributed by atoms with Crippen LogP contribution in [0.5, 0.6) is 0 Å². The molecule has 0 aliphatic carbocycles. The Bertz CT molecular complexity index is 970. The molecular formula is C19H17BrN2O4. The lowest BCUT2D eigenvalue weighted by Crippen LogP contribution is -2.15. The highest BCUT2D eigenvalue weighted by Crippen LogP contribution is 2.21. The Morgan fingerprint density at radius 3 is 2.46 bits per heavy atom. The highest BCUT2D eigenvalue weighted by molar-refractivity contribution is 9.10. The van der Waals surface area contributed by atoms with Gasteiger partial charge in [-0.3, -0.25) is 9.36 Å². The van der Waals surface area contributed by atoms with Crippen molar-refractivity contribution in [1.82, 2.24) is 9.72 Å².